The fraction of sp³-hybridized carbons (Fsp3) is 0.550. The molecule has 1 N–H and O–H groups in total. The van der Waals surface area contributed by atoms with Gasteiger partial charge in [0.1, 0.15) is 0 Å². The summed E-state index contributed by atoms with van der Waals surface area (Å²) >= 11 is 0. The second kappa shape index (κ2) is 9.00. The highest BCUT2D eigenvalue weighted by molar-refractivity contribution is 5.79. The fourth-order valence-electron chi connectivity index (χ4n) is 3.58. The first kappa shape index (κ1) is 17.2. The molecule has 2 heterocycles. The average Bonchev–Trinajstić information content (AvgIpc) is 2.92. The lowest BCUT2D eigenvalue weighted by Crippen LogP contribution is -2.50. The molecule has 4 nitrogen and oxygen atoms in total. The van der Waals surface area contributed by atoms with Gasteiger partial charge in [-0.1, -0.05) is 42.5 Å². The maximum atomic E-state index is 12.7. The lowest BCUT2D eigenvalue weighted by atomic mass is 9.98. The van der Waals surface area contributed by atoms with Crippen LogP contribution in [0.1, 0.15) is 24.8 Å². The predicted octanol–water partition coefficient (Wildman–Crippen LogP) is 2.23. The minimum atomic E-state index is 0.240. The van der Waals surface area contributed by atoms with Crippen molar-refractivity contribution in [2.45, 2.75) is 19.3 Å². The van der Waals surface area contributed by atoms with Crippen LogP contribution in [0.4, 0.5) is 0 Å². The van der Waals surface area contributed by atoms with Crippen molar-refractivity contribution in [2.24, 2.45) is 5.92 Å². The Balaban J connectivity index is 1.42. The minimum absolute atomic E-state index is 0.240. The van der Waals surface area contributed by atoms with Crippen LogP contribution in [0.2, 0.25) is 0 Å². The molecule has 24 heavy (non-hydrogen) atoms. The number of carbonyl (C=O) groups is 1. The molecule has 2 aliphatic rings. The standard InChI is InChI=1S/C20H29N3O/c24-20(19-9-4-11-21-12-10-19)23-16-14-22(15-17-23)13-5-8-18-6-2-1-3-7-18/h1-3,5-8,19,21H,4,9-17H2/b8-5+/t19-/m0/s1. The van der Waals surface area contributed by atoms with E-state index in [-0.39, 0.29) is 5.92 Å². The molecule has 2 aliphatic heterocycles. The number of nitrogens with one attached hydrogen (secondary N) is 1. The zero-order valence-electron chi connectivity index (χ0n) is 14.5. The first-order valence-electron chi connectivity index (χ1n) is 9.26. The number of nitrogens with zero attached hydrogens (tertiary/aromatic N) is 2. The minimum Gasteiger partial charge on any atom is -0.340 e. The maximum absolute atomic E-state index is 12.7. The third-order valence-electron chi connectivity index (χ3n) is 5.08. The van der Waals surface area contributed by atoms with Crippen molar-refractivity contribution < 1.29 is 4.79 Å². The van der Waals surface area contributed by atoms with Crippen LogP contribution in [0, 0.1) is 5.92 Å². The summed E-state index contributed by atoms with van der Waals surface area (Å²) in [7, 11) is 0. The van der Waals surface area contributed by atoms with Gasteiger partial charge >= 0.3 is 0 Å². The first-order chi connectivity index (χ1) is 11.8. The van der Waals surface area contributed by atoms with Crippen molar-refractivity contribution >= 4 is 12.0 Å². The Morgan fingerprint density at radius 2 is 1.88 bits per heavy atom. The Bertz CT molecular complexity index is 527. The zero-order valence-corrected chi connectivity index (χ0v) is 14.5. The molecule has 0 saturated carbocycles. The van der Waals surface area contributed by atoms with E-state index in [4.69, 9.17) is 0 Å². The van der Waals surface area contributed by atoms with Gasteiger partial charge in [0, 0.05) is 38.6 Å². The summed E-state index contributed by atoms with van der Waals surface area (Å²) in [5.74, 6) is 0.628. The molecule has 3 rings (SSSR count). The second-order valence-corrected chi connectivity index (χ2v) is 6.82. The fourth-order valence-corrected chi connectivity index (χ4v) is 3.58. The number of benzene rings is 1. The second-order valence-electron chi connectivity index (χ2n) is 6.82. The van der Waals surface area contributed by atoms with E-state index < -0.39 is 0 Å². The van der Waals surface area contributed by atoms with Gasteiger partial charge in [0.25, 0.3) is 0 Å². The normalized spacial score (nSPS) is 23.3. The molecule has 130 valence electrons. The summed E-state index contributed by atoms with van der Waals surface area (Å²) in [5.41, 5.74) is 1.24. The van der Waals surface area contributed by atoms with E-state index in [2.05, 4.69) is 51.5 Å². The summed E-state index contributed by atoms with van der Waals surface area (Å²) in [6.07, 6.45) is 7.57. The summed E-state index contributed by atoms with van der Waals surface area (Å²) in [6, 6.07) is 10.4. The van der Waals surface area contributed by atoms with Crippen molar-refractivity contribution in [2.75, 3.05) is 45.8 Å². The molecule has 0 spiro atoms. The Hall–Kier alpha value is -1.65. The SMILES string of the molecule is O=C([C@H]1CCCNCC1)N1CCN(C/C=C/c2ccccc2)CC1. The highest BCUT2D eigenvalue weighted by atomic mass is 16.2. The number of amides is 1. The van der Waals surface area contributed by atoms with E-state index >= 15 is 0 Å². The number of rotatable bonds is 4. The van der Waals surface area contributed by atoms with Crippen LogP contribution >= 0.6 is 0 Å². The first-order valence-corrected chi connectivity index (χ1v) is 9.26. The summed E-state index contributed by atoms with van der Waals surface area (Å²) in [6.45, 7) is 6.73. The third-order valence-corrected chi connectivity index (χ3v) is 5.08. The monoisotopic (exact) mass is 327 g/mol. The topological polar surface area (TPSA) is 35.6 Å². The molecule has 2 fully saturated rings. The number of piperazine rings is 1. The Morgan fingerprint density at radius 3 is 2.67 bits per heavy atom. The molecule has 1 atom stereocenters. The third kappa shape index (κ3) is 4.92. The molecule has 4 heteroatoms. The van der Waals surface area contributed by atoms with E-state index in [1.807, 2.05) is 6.07 Å². The van der Waals surface area contributed by atoms with Crippen LogP contribution < -0.4 is 5.32 Å². The molecule has 0 bridgehead atoms. The average molecular weight is 327 g/mol. The van der Waals surface area contributed by atoms with Crippen molar-refractivity contribution in [1.29, 1.82) is 0 Å². The lowest BCUT2D eigenvalue weighted by Gasteiger charge is -2.36. The van der Waals surface area contributed by atoms with Crippen molar-refractivity contribution in [1.82, 2.24) is 15.1 Å². The van der Waals surface area contributed by atoms with Crippen LogP contribution in [-0.2, 0) is 4.79 Å². The molecule has 1 aromatic carbocycles. The van der Waals surface area contributed by atoms with Gasteiger partial charge in [0.15, 0.2) is 0 Å². The molecular formula is C20H29N3O. The number of carbonyl (C=O) groups excluding carboxylic acids is 1. The van der Waals surface area contributed by atoms with Gasteiger partial charge in [-0.25, -0.2) is 0 Å². The zero-order chi connectivity index (χ0) is 16.6. The summed E-state index contributed by atoms with van der Waals surface area (Å²) < 4.78 is 0. The highest BCUT2D eigenvalue weighted by Crippen LogP contribution is 2.18. The van der Waals surface area contributed by atoms with Gasteiger partial charge in [-0.3, -0.25) is 9.69 Å². The van der Waals surface area contributed by atoms with Crippen LogP contribution in [0.25, 0.3) is 6.08 Å². The van der Waals surface area contributed by atoms with Gasteiger partial charge in [-0.15, -0.1) is 0 Å². The predicted molar refractivity (Wildman–Crippen MR) is 98.7 cm³/mol. The van der Waals surface area contributed by atoms with Gasteiger partial charge in [-0.05, 0) is 37.9 Å². The highest BCUT2D eigenvalue weighted by Gasteiger charge is 2.27. The molecule has 1 aromatic rings. The Morgan fingerprint density at radius 1 is 1.08 bits per heavy atom. The van der Waals surface area contributed by atoms with Crippen LogP contribution in [0.15, 0.2) is 36.4 Å². The molecule has 0 aliphatic carbocycles. The van der Waals surface area contributed by atoms with Crippen molar-refractivity contribution in [3.8, 4) is 0 Å². The van der Waals surface area contributed by atoms with Gasteiger partial charge in [0.2, 0.25) is 5.91 Å². The number of hydrogen-bond acceptors (Lipinski definition) is 3. The van der Waals surface area contributed by atoms with Crippen molar-refractivity contribution in [3.05, 3.63) is 42.0 Å². The van der Waals surface area contributed by atoms with Crippen LogP contribution in [0.5, 0.6) is 0 Å². The molecule has 0 unspecified atom stereocenters. The van der Waals surface area contributed by atoms with E-state index in [1.165, 1.54) is 5.56 Å². The van der Waals surface area contributed by atoms with E-state index in [1.54, 1.807) is 0 Å². The van der Waals surface area contributed by atoms with E-state index in [9.17, 15) is 4.79 Å². The summed E-state index contributed by atoms with van der Waals surface area (Å²) in [5, 5.41) is 3.39. The Kier molecular flexibility index (Phi) is 6.44. The quantitative estimate of drug-likeness (QED) is 0.921. The Labute approximate surface area is 145 Å². The molecule has 1 amide bonds. The molecule has 2 saturated heterocycles. The maximum Gasteiger partial charge on any atom is 0.225 e. The van der Waals surface area contributed by atoms with Crippen molar-refractivity contribution in [3.63, 3.8) is 0 Å². The molecule has 0 radical (unpaired) electrons. The lowest BCUT2D eigenvalue weighted by molar-refractivity contribution is -0.137. The summed E-state index contributed by atoms with van der Waals surface area (Å²) in [4.78, 5) is 17.2. The van der Waals surface area contributed by atoms with Crippen LogP contribution in [-0.4, -0.2) is 61.5 Å². The van der Waals surface area contributed by atoms with Gasteiger partial charge in [-0.2, -0.15) is 0 Å². The molecular weight excluding hydrogens is 298 g/mol. The van der Waals surface area contributed by atoms with E-state index in [0.29, 0.717) is 5.91 Å². The van der Waals surface area contributed by atoms with E-state index in [0.717, 1.165) is 65.1 Å². The van der Waals surface area contributed by atoms with Gasteiger partial charge in [0.05, 0.1) is 0 Å². The largest absolute Gasteiger partial charge is 0.340 e. The molecule has 0 aromatic heterocycles. The smallest absolute Gasteiger partial charge is 0.225 e. The van der Waals surface area contributed by atoms with Gasteiger partial charge < -0.3 is 10.2 Å². The van der Waals surface area contributed by atoms with Crippen LogP contribution in [0.3, 0.4) is 0 Å². The number of hydrogen-bond donors (Lipinski definition) is 1.